The highest BCUT2D eigenvalue weighted by atomic mass is 32.2. The SMILES string of the molecule is O=C1C2CCC(=O)N2c2ccccc2S(=O)(=O)C1c1ccccc1. The van der Waals surface area contributed by atoms with Crippen molar-refractivity contribution in [1.82, 2.24) is 0 Å². The highest BCUT2D eigenvalue weighted by molar-refractivity contribution is 7.92. The van der Waals surface area contributed by atoms with Gasteiger partial charge in [0, 0.05) is 6.42 Å². The summed E-state index contributed by atoms with van der Waals surface area (Å²) in [6.45, 7) is 0. The minimum absolute atomic E-state index is 0.0463. The van der Waals surface area contributed by atoms with Crippen LogP contribution in [0, 0.1) is 0 Å². The van der Waals surface area contributed by atoms with Crippen LogP contribution in [0.15, 0.2) is 59.5 Å². The van der Waals surface area contributed by atoms with Gasteiger partial charge in [0.2, 0.25) is 5.91 Å². The summed E-state index contributed by atoms with van der Waals surface area (Å²) in [5.74, 6) is -0.632. The topological polar surface area (TPSA) is 71.5 Å². The van der Waals surface area contributed by atoms with E-state index in [1.54, 1.807) is 48.5 Å². The number of para-hydroxylation sites is 1. The average molecular weight is 341 g/mol. The molecule has 2 aliphatic rings. The number of anilines is 1. The summed E-state index contributed by atoms with van der Waals surface area (Å²) < 4.78 is 26.4. The van der Waals surface area contributed by atoms with Gasteiger partial charge in [0.25, 0.3) is 0 Å². The van der Waals surface area contributed by atoms with Gasteiger partial charge in [-0.3, -0.25) is 9.59 Å². The fraction of sp³-hybridized carbons (Fsp3) is 0.222. The third kappa shape index (κ3) is 2.03. The van der Waals surface area contributed by atoms with Crippen molar-refractivity contribution in [3.63, 3.8) is 0 Å². The van der Waals surface area contributed by atoms with Crippen LogP contribution in [0.2, 0.25) is 0 Å². The summed E-state index contributed by atoms with van der Waals surface area (Å²) >= 11 is 0. The van der Waals surface area contributed by atoms with Crippen LogP contribution >= 0.6 is 0 Å². The van der Waals surface area contributed by atoms with Gasteiger partial charge in [0.15, 0.2) is 20.9 Å². The number of benzene rings is 2. The number of carbonyl (C=O) groups is 2. The lowest BCUT2D eigenvalue weighted by Crippen LogP contribution is -2.40. The monoisotopic (exact) mass is 341 g/mol. The van der Waals surface area contributed by atoms with Crippen LogP contribution in [-0.2, 0) is 19.4 Å². The van der Waals surface area contributed by atoms with Gasteiger partial charge in [0.05, 0.1) is 16.6 Å². The Labute approximate surface area is 139 Å². The van der Waals surface area contributed by atoms with Gasteiger partial charge >= 0.3 is 0 Å². The van der Waals surface area contributed by atoms with E-state index < -0.39 is 26.9 Å². The molecule has 24 heavy (non-hydrogen) atoms. The molecule has 2 aliphatic heterocycles. The highest BCUT2D eigenvalue weighted by Crippen LogP contribution is 2.43. The lowest BCUT2D eigenvalue weighted by Gasteiger charge is -2.22. The summed E-state index contributed by atoms with van der Waals surface area (Å²) in [6.07, 6.45) is 0.608. The van der Waals surface area contributed by atoms with Crippen LogP contribution in [0.4, 0.5) is 5.69 Å². The van der Waals surface area contributed by atoms with Crippen LogP contribution in [0.5, 0.6) is 0 Å². The third-order valence-corrected chi connectivity index (χ3v) is 6.73. The van der Waals surface area contributed by atoms with E-state index in [9.17, 15) is 18.0 Å². The van der Waals surface area contributed by atoms with Crippen LogP contribution in [-0.4, -0.2) is 26.2 Å². The fourth-order valence-corrected chi connectivity index (χ4v) is 5.54. The van der Waals surface area contributed by atoms with Crippen molar-refractivity contribution in [2.75, 3.05) is 4.90 Å². The largest absolute Gasteiger partial charge is 0.301 e. The zero-order chi connectivity index (χ0) is 16.9. The molecule has 2 unspecified atom stereocenters. The highest BCUT2D eigenvalue weighted by Gasteiger charge is 2.49. The predicted octanol–water partition coefficient (Wildman–Crippen LogP) is 2.28. The van der Waals surface area contributed by atoms with Gasteiger partial charge in [-0.25, -0.2) is 8.42 Å². The summed E-state index contributed by atoms with van der Waals surface area (Å²) in [4.78, 5) is 26.8. The Balaban J connectivity index is 2.02. The number of ketones is 1. The zero-order valence-corrected chi connectivity index (χ0v) is 13.6. The first-order valence-electron chi connectivity index (χ1n) is 7.75. The first kappa shape index (κ1) is 15.1. The molecule has 5 nitrogen and oxygen atoms in total. The second kappa shape index (κ2) is 5.27. The van der Waals surface area contributed by atoms with Gasteiger partial charge in [-0.15, -0.1) is 0 Å². The molecule has 1 saturated heterocycles. The molecule has 0 N–H and O–H groups in total. The first-order chi connectivity index (χ1) is 11.5. The van der Waals surface area contributed by atoms with E-state index in [4.69, 9.17) is 0 Å². The molecule has 4 rings (SSSR count). The van der Waals surface area contributed by atoms with E-state index in [-0.39, 0.29) is 17.2 Å². The van der Waals surface area contributed by atoms with E-state index in [0.29, 0.717) is 17.7 Å². The number of nitrogens with zero attached hydrogens (tertiary/aromatic N) is 1. The average Bonchev–Trinajstić information content (AvgIpc) is 2.94. The first-order valence-corrected chi connectivity index (χ1v) is 9.30. The Bertz CT molecular complexity index is 937. The minimum atomic E-state index is -3.93. The summed E-state index contributed by atoms with van der Waals surface area (Å²) in [7, 11) is -3.93. The van der Waals surface area contributed by atoms with Crippen LogP contribution in [0.3, 0.4) is 0 Å². The maximum absolute atomic E-state index is 13.2. The summed E-state index contributed by atoms with van der Waals surface area (Å²) in [6, 6.07) is 14.2. The normalized spacial score (nSPS) is 25.1. The predicted molar refractivity (Wildman–Crippen MR) is 88.3 cm³/mol. The van der Waals surface area contributed by atoms with Gasteiger partial charge < -0.3 is 4.90 Å². The van der Waals surface area contributed by atoms with Crippen molar-refractivity contribution in [1.29, 1.82) is 0 Å². The van der Waals surface area contributed by atoms with E-state index in [1.807, 2.05) is 0 Å². The summed E-state index contributed by atoms with van der Waals surface area (Å²) in [5, 5.41) is -1.28. The second-order valence-electron chi connectivity index (χ2n) is 6.02. The number of amides is 1. The zero-order valence-electron chi connectivity index (χ0n) is 12.8. The number of hydrogen-bond donors (Lipinski definition) is 0. The molecule has 122 valence electrons. The molecule has 6 heteroatoms. The van der Waals surface area contributed by atoms with E-state index in [2.05, 4.69) is 0 Å². The molecule has 0 saturated carbocycles. The number of carbonyl (C=O) groups excluding carboxylic acids is 2. The Hall–Kier alpha value is -2.47. The number of hydrogen-bond acceptors (Lipinski definition) is 4. The number of rotatable bonds is 1. The molecule has 2 atom stereocenters. The molecule has 0 bridgehead atoms. The van der Waals surface area contributed by atoms with Crippen molar-refractivity contribution in [2.45, 2.75) is 29.0 Å². The Morgan fingerprint density at radius 1 is 0.917 bits per heavy atom. The number of fused-ring (bicyclic) bond motifs is 3. The molecule has 2 aromatic carbocycles. The molecule has 2 heterocycles. The van der Waals surface area contributed by atoms with E-state index in [1.165, 1.54) is 11.0 Å². The van der Waals surface area contributed by atoms with E-state index in [0.717, 1.165) is 0 Å². The van der Waals surface area contributed by atoms with Crippen molar-refractivity contribution in [3.05, 3.63) is 60.2 Å². The molecule has 0 spiro atoms. The van der Waals surface area contributed by atoms with E-state index >= 15 is 0 Å². The van der Waals surface area contributed by atoms with Crippen molar-refractivity contribution >= 4 is 27.2 Å². The fourth-order valence-electron chi connectivity index (χ4n) is 3.58. The second-order valence-corrected chi connectivity index (χ2v) is 8.03. The third-order valence-electron chi connectivity index (χ3n) is 4.64. The lowest BCUT2D eigenvalue weighted by atomic mass is 10.0. The number of Topliss-reactive ketones (excluding diaryl/α,β-unsaturated/α-hetero) is 1. The molecule has 2 aromatic rings. The Kier molecular flexibility index (Phi) is 3.31. The van der Waals surface area contributed by atoms with Crippen molar-refractivity contribution < 1.29 is 18.0 Å². The van der Waals surface area contributed by atoms with Crippen molar-refractivity contribution in [2.24, 2.45) is 0 Å². The lowest BCUT2D eigenvalue weighted by molar-refractivity contribution is -0.122. The molecular formula is C18H15NO4S. The minimum Gasteiger partial charge on any atom is -0.301 e. The van der Waals surface area contributed by atoms with Crippen LogP contribution in [0.25, 0.3) is 0 Å². The van der Waals surface area contributed by atoms with Gasteiger partial charge in [-0.1, -0.05) is 42.5 Å². The quantitative estimate of drug-likeness (QED) is 0.798. The molecule has 0 aliphatic carbocycles. The maximum Gasteiger partial charge on any atom is 0.227 e. The number of sulfone groups is 1. The molecule has 0 radical (unpaired) electrons. The van der Waals surface area contributed by atoms with Gasteiger partial charge in [-0.2, -0.15) is 0 Å². The Morgan fingerprint density at radius 3 is 2.33 bits per heavy atom. The van der Waals surface area contributed by atoms with Crippen LogP contribution < -0.4 is 4.90 Å². The Morgan fingerprint density at radius 2 is 1.58 bits per heavy atom. The smallest absolute Gasteiger partial charge is 0.227 e. The summed E-state index contributed by atoms with van der Waals surface area (Å²) in [5.41, 5.74) is 0.760. The van der Waals surface area contributed by atoms with Gasteiger partial charge in [-0.05, 0) is 24.1 Å². The van der Waals surface area contributed by atoms with Crippen LogP contribution in [0.1, 0.15) is 23.7 Å². The van der Waals surface area contributed by atoms with Crippen molar-refractivity contribution in [3.8, 4) is 0 Å². The molecular weight excluding hydrogens is 326 g/mol. The van der Waals surface area contributed by atoms with Gasteiger partial charge in [0.1, 0.15) is 0 Å². The molecule has 0 aromatic heterocycles. The standard InChI is InChI=1S/C18H15NO4S/c20-16-11-10-14-17(21)18(12-6-2-1-3-7-12)24(22,23)15-9-5-4-8-13(15)19(14)16/h1-9,14,18H,10-11H2. The maximum atomic E-state index is 13.2. The molecule has 1 fully saturated rings. The molecule has 1 amide bonds.